The van der Waals surface area contributed by atoms with Crippen molar-refractivity contribution in [2.75, 3.05) is 5.32 Å². The molecule has 0 radical (unpaired) electrons. The normalized spacial score (nSPS) is 15.8. The Labute approximate surface area is 134 Å². The van der Waals surface area contributed by atoms with Crippen molar-refractivity contribution in [1.82, 2.24) is 19.7 Å². The van der Waals surface area contributed by atoms with Gasteiger partial charge < -0.3 is 10.4 Å². The fourth-order valence-corrected chi connectivity index (χ4v) is 3.18. The summed E-state index contributed by atoms with van der Waals surface area (Å²) in [5.74, 6) is 1.56. The van der Waals surface area contributed by atoms with Gasteiger partial charge in [-0.2, -0.15) is 10.1 Å². The van der Waals surface area contributed by atoms with Crippen molar-refractivity contribution < 1.29 is 5.11 Å². The number of aromatic nitrogens is 4. The summed E-state index contributed by atoms with van der Waals surface area (Å²) < 4.78 is 1.72. The third-order valence-electron chi connectivity index (χ3n) is 4.39. The van der Waals surface area contributed by atoms with Crippen LogP contribution in [0.2, 0.25) is 0 Å². The number of aromatic hydroxyl groups is 1. The van der Waals surface area contributed by atoms with E-state index in [0.717, 1.165) is 5.52 Å². The van der Waals surface area contributed by atoms with E-state index in [1.165, 1.54) is 32.1 Å². The molecule has 6 nitrogen and oxygen atoms in total. The summed E-state index contributed by atoms with van der Waals surface area (Å²) in [4.78, 5) is 8.91. The molecule has 0 saturated heterocycles. The summed E-state index contributed by atoms with van der Waals surface area (Å²) in [6, 6.07) is 7.65. The third kappa shape index (κ3) is 2.72. The van der Waals surface area contributed by atoms with Crippen LogP contribution in [0.5, 0.6) is 5.75 Å². The Bertz CT molecular complexity index is 823. The highest BCUT2D eigenvalue weighted by Gasteiger charge is 2.15. The van der Waals surface area contributed by atoms with Crippen molar-refractivity contribution in [1.29, 1.82) is 0 Å². The summed E-state index contributed by atoms with van der Waals surface area (Å²) >= 11 is 0. The van der Waals surface area contributed by atoms with Crippen LogP contribution in [0.1, 0.15) is 32.1 Å². The number of rotatable bonds is 3. The zero-order valence-corrected chi connectivity index (χ0v) is 12.8. The maximum Gasteiger partial charge on any atom is 0.224 e. The van der Waals surface area contributed by atoms with Crippen LogP contribution in [0.3, 0.4) is 0 Å². The molecule has 1 fully saturated rings. The smallest absolute Gasteiger partial charge is 0.224 e. The molecule has 0 spiro atoms. The zero-order chi connectivity index (χ0) is 15.6. The fourth-order valence-electron chi connectivity index (χ4n) is 3.18. The average Bonchev–Trinajstić information content (AvgIpc) is 3.02. The predicted octanol–water partition coefficient (Wildman–Crippen LogP) is 3.27. The molecule has 0 atom stereocenters. The predicted molar refractivity (Wildman–Crippen MR) is 88.8 cm³/mol. The van der Waals surface area contributed by atoms with Crippen LogP contribution in [0, 0.1) is 0 Å². The van der Waals surface area contributed by atoms with Gasteiger partial charge in [0.05, 0.1) is 17.1 Å². The number of phenols is 1. The highest BCUT2D eigenvalue weighted by Crippen LogP contribution is 2.26. The lowest BCUT2D eigenvalue weighted by Gasteiger charge is -2.22. The Morgan fingerprint density at radius 3 is 2.87 bits per heavy atom. The van der Waals surface area contributed by atoms with E-state index >= 15 is 0 Å². The molecule has 3 aromatic rings. The molecule has 2 heterocycles. The number of nitrogens with zero attached hydrogens (tertiary/aromatic N) is 4. The van der Waals surface area contributed by atoms with Crippen molar-refractivity contribution in [3.8, 4) is 11.6 Å². The van der Waals surface area contributed by atoms with E-state index in [1.54, 1.807) is 29.2 Å². The Morgan fingerprint density at radius 1 is 1.13 bits per heavy atom. The first kappa shape index (κ1) is 14.0. The molecule has 6 heteroatoms. The molecule has 4 rings (SSSR count). The van der Waals surface area contributed by atoms with E-state index in [4.69, 9.17) is 0 Å². The van der Waals surface area contributed by atoms with Crippen LogP contribution < -0.4 is 5.32 Å². The summed E-state index contributed by atoms with van der Waals surface area (Å²) in [6.07, 6.45) is 9.59. The molecule has 1 aliphatic rings. The van der Waals surface area contributed by atoms with Gasteiger partial charge in [0, 0.05) is 18.3 Å². The van der Waals surface area contributed by atoms with Gasteiger partial charge in [-0.1, -0.05) is 25.3 Å². The molecule has 0 aliphatic heterocycles. The first-order chi connectivity index (χ1) is 11.3. The summed E-state index contributed by atoms with van der Waals surface area (Å²) in [5, 5.41) is 18.4. The fraction of sp³-hybridized carbons (Fsp3) is 0.353. The van der Waals surface area contributed by atoms with Crippen molar-refractivity contribution in [3.05, 3.63) is 36.7 Å². The summed E-state index contributed by atoms with van der Waals surface area (Å²) in [5.41, 5.74) is 0.826. The number of nitrogens with one attached hydrogen (secondary N) is 1. The summed E-state index contributed by atoms with van der Waals surface area (Å²) in [7, 11) is 0. The van der Waals surface area contributed by atoms with E-state index < -0.39 is 0 Å². The monoisotopic (exact) mass is 309 g/mol. The lowest BCUT2D eigenvalue weighted by Crippen LogP contribution is -2.23. The number of fused-ring (bicyclic) bond motifs is 1. The number of hydrogen-bond donors (Lipinski definition) is 2. The molecule has 0 bridgehead atoms. The molecule has 0 unspecified atom stereocenters. The molecule has 1 aromatic carbocycles. The Morgan fingerprint density at radius 2 is 2.00 bits per heavy atom. The van der Waals surface area contributed by atoms with Gasteiger partial charge in [-0.05, 0) is 25.0 Å². The van der Waals surface area contributed by atoms with Gasteiger partial charge in [0.15, 0.2) is 5.82 Å². The van der Waals surface area contributed by atoms with Gasteiger partial charge in [-0.3, -0.25) is 0 Å². The van der Waals surface area contributed by atoms with Crippen LogP contribution >= 0.6 is 0 Å². The average molecular weight is 309 g/mol. The van der Waals surface area contributed by atoms with Crippen LogP contribution in [0.15, 0.2) is 36.7 Å². The van der Waals surface area contributed by atoms with Gasteiger partial charge in [-0.25, -0.2) is 9.67 Å². The number of hydrogen-bond acceptors (Lipinski definition) is 5. The second kappa shape index (κ2) is 5.87. The van der Waals surface area contributed by atoms with E-state index in [1.807, 2.05) is 12.1 Å². The van der Waals surface area contributed by atoms with Gasteiger partial charge in [0.1, 0.15) is 5.75 Å². The third-order valence-corrected chi connectivity index (χ3v) is 4.39. The van der Waals surface area contributed by atoms with E-state index in [0.29, 0.717) is 23.2 Å². The quantitative estimate of drug-likeness (QED) is 0.776. The minimum absolute atomic E-state index is 0.225. The lowest BCUT2D eigenvalue weighted by molar-refractivity contribution is 0.461. The Hall–Kier alpha value is -2.63. The van der Waals surface area contributed by atoms with Crippen LogP contribution in [0.4, 0.5) is 5.95 Å². The van der Waals surface area contributed by atoms with Gasteiger partial charge in [0.2, 0.25) is 5.95 Å². The molecule has 1 saturated carbocycles. The van der Waals surface area contributed by atoms with Crippen LogP contribution in [-0.2, 0) is 0 Å². The zero-order valence-electron chi connectivity index (χ0n) is 12.8. The second-order valence-electron chi connectivity index (χ2n) is 5.98. The molecule has 2 aromatic heterocycles. The topological polar surface area (TPSA) is 75.9 Å². The number of phenolic OH excluding ortho intramolecular Hbond substituents is 1. The van der Waals surface area contributed by atoms with Crippen LogP contribution in [-0.4, -0.2) is 30.9 Å². The number of benzene rings is 1. The lowest BCUT2D eigenvalue weighted by atomic mass is 9.96. The molecule has 118 valence electrons. The van der Waals surface area contributed by atoms with Gasteiger partial charge >= 0.3 is 0 Å². The molecule has 23 heavy (non-hydrogen) atoms. The van der Waals surface area contributed by atoms with Crippen LogP contribution in [0.25, 0.3) is 16.7 Å². The maximum absolute atomic E-state index is 9.90. The van der Waals surface area contributed by atoms with Crippen molar-refractivity contribution in [2.24, 2.45) is 0 Å². The largest absolute Gasteiger partial charge is 0.507 e. The summed E-state index contributed by atoms with van der Waals surface area (Å²) in [6.45, 7) is 0. The minimum atomic E-state index is 0.225. The number of anilines is 1. The Balaban J connectivity index is 1.66. The molecular weight excluding hydrogens is 290 g/mol. The SMILES string of the molecule is Oc1cccc2c1cnn2-c1ccnc(NC2CCCCC2)n1. The van der Waals surface area contributed by atoms with E-state index in [-0.39, 0.29) is 5.75 Å². The molecule has 0 amide bonds. The van der Waals surface area contributed by atoms with Crippen molar-refractivity contribution >= 4 is 16.9 Å². The highest BCUT2D eigenvalue weighted by atomic mass is 16.3. The van der Waals surface area contributed by atoms with Gasteiger partial charge in [0.25, 0.3) is 0 Å². The molecular formula is C17H19N5O. The van der Waals surface area contributed by atoms with Gasteiger partial charge in [-0.15, -0.1) is 0 Å². The molecule has 2 N–H and O–H groups in total. The second-order valence-corrected chi connectivity index (χ2v) is 5.98. The van der Waals surface area contributed by atoms with E-state index in [9.17, 15) is 5.11 Å². The minimum Gasteiger partial charge on any atom is -0.507 e. The molecule has 1 aliphatic carbocycles. The maximum atomic E-state index is 9.90. The first-order valence-corrected chi connectivity index (χ1v) is 8.07. The van der Waals surface area contributed by atoms with E-state index in [2.05, 4.69) is 20.4 Å². The van der Waals surface area contributed by atoms with Crippen molar-refractivity contribution in [3.63, 3.8) is 0 Å². The first-order valence-electron chi connectivity index (χ1n) is 8.07. The standard InChI is InChI=1S/C17H19N5O/c23-15-8-4-7-14-13(15)11-19-22(14)16-9-10-18-17(21-16)20-12-5-2-1-3-6-12/h4,7-12,23H,1-3,5-6H2,(H,18,20,21). The highest BCUT2D eigenvalue weighted by molar-refractivity contribution is 5.85. The van der Waals surface area contributed by atoms with Crippen molar-refractivity contribution in [2.45, 2.75) is 38.1 Å². The Kier molecular flexibility index (Phi) is 3.57.